The number of hydrogen-bond acceptors (Lipinski definition) is 6. The first-order valence-corrected chi connectivity index (χ1v) is 9.64. The lowest BCUT2D eigenvalue weighted by molar-refractivity contribution is -0.139. The lowest BCUT2D eigenvalue weighted by atomic mass is 10.2. The molecule has 1 amide bonds. The van der Waals surface area contributed by atoms with Crippen LogP contribution < -0.4 is 10.0 Å². The summed E-state index contributed by atoms with van der Waals surface area (Å²) in [5.41, 5.74) is 0.616. The fourth-order valence-corrected chi connectivity index (χ4v) is 4.73. The SMILES string of the molecule is COC(=O)CNC(=O)c1ccc(NS(=O)(=O)c2ccc(Br)s2)cc1. The van der Waals surface area contributed by atoms with Crippen molar-refractivity contribution in [3.05, 3.63) is 45.7 Å². The van der Waals surface area contributed by atoms with Crippen LogP contribution in [0.5, 0.6) is 0 Å². The van der Waals surface area contributed by atoms with Crippen LogP contribution in [0, 0.1) is 0 Å². The van der Waals surface area contributed by atoms with E-state index in [1.54, 1.807) is 6.07 Å². The molecule has 1 heterocycles. The van der Waals surface area contributed by atoms with Gasteiger partial charge >= 0.3 is 5.97 Å². The number of thiophene rings is 1. The number of carbonyl (C=O) groups is 2. The maximum Gasteiger partial charge on any atom is 0.325 e. The van der Waals surface area contributed by atoms with E-state index in [0.717, 1.165) is 11.3 Å². The second kappa shape index (κ2) is 7.77. The highest BCUT2D eigenvalue weighted by Gasteiger charge is 2.17. The van der Waals surface area contributed by atoms with Crippen molar-refractivity contribution in [1.29, 1.82) is 0 Å². The topological polar surface area (TPSA) is 102 Å². The molecular weight excluding hydrogens is 420 g/mol. The van der Waals surface area contributed by atoms with E-state index < -0.39 is 21.9 Å². The molecule has 0 bridgehead atoms. The number of halogens is 1. The predicted octanol–water partition coefficient (Wildman–Crippen LogP) is 2.21. The zero-order valence-electron chi connectivity index (χ0n) is 12.4. The van der Waals surface area contributed by atoms with E-state index in [2.05, 4.69) is 30.7 Å². The number of ether oxygens (including phenoxy) is 1. The van der Waals surface area contributed by atoms with Gasteiger partial charge in [0.2, 0.25) is 0 Å². The maximum atomic E-state index is 12.2. The van der Waals surface area contributed by atoms with Crippen LogP contribution >= 0.6 is 27.3 Å². The Bertz CT molecular complexity index is 846. The van der Waals surface area contributed by atoms with Gasteiger partial charge in [-0.25, -0.2) is 8.42 Å². The number of benzene rings is 1. The number of hydrogen-bond donors (Lipinski definition) is 2. The number of rotatable bonds is 6. The Morgan fingerprint density at radius 3 is 2.38 bits per heavy atom. The molecule has 0 fully saturated rings. The number of anilines is 1. The van der Waals surface area contributed by atoms with E-state index in [4.69, 9.17) is 0 Å². The van der Waals surface area contributed by atoms with Crippen molar-refractivity contribution in [2.24, 2.45) is 0 Å². The molecule has 24 heavy (non-hydrogen) atoms. The molecule has 0 saturated heterocycles. The van der Waals surface area contributed by atoms with Gasteiger partial charge in [0.05, 0.1) is 10.9 Å². The minimum Gasteiger partial charge on any atom is -0.468 e. The largest absolute Gasteiger partial charge is 0.468 e. The molecule has 10 heteroatoms. The second-order valence-electron chi connectivity index (χ2n) is 4.50. The number of nitrogens with one attached hydrogen (secondary N) is 2. The lowest BCUT2D eigenvalue weighted by Gasteiger charge is -2.08. The average molecular weight is 433 g/mol. The van der Waals surface area contributed by atoms with E-state index in [-0.39, 0.29) is 10.8 Å². The minimum absolute atomic E-state index is 0.175. The van der Waals surface area contributed by atoms with Crippen molar-refractivity contribution in [3.63, 3.8) is 0 Å². The molecule has 0 unspecified atom stereocenters. The Morgan fingerprint density at radius 2 is 1.83 bits per heavy atom. The summed E-state index contributed by atoms with van der Waals surface area (Å²) in [4.78, 5) is 22.8. The zero-order valence-corrected chi connectivity index (χ0v) is 15.6. The van der Waals surface area contributed by atoms with Crippen LogP contribution in [0.15, 0.2) is 44.4 Å². The van der Waals surface area contributed by atoms with Crippen molar-refractivity contribution >= 4 is 54.9 Å². The van der Waals surface area contributed by atoms with Gasteiger partial charge in [-0.15, -0.1) is 11.3 Å². The van der Waals surface area contributed by atoms with E-state index in [1.807, 2.05) is 0 Å². The molecule has 0 saturated carbocycles. The molecule has 0 aliphatic carbocycles. The van der Waals surface area contributed by atoms with Crippen LogP contribution in [-0.4, -0.2) is 33.9 Å². The van der Waals surface area contributed by atoms with Crippen molar-refractivity contribution in [1.82, 2.24) is 5.32 Å². The van der Waals surface area contributed by atoms with Gasteiger partial charge in [0.1, 0.15) is 10.8 Å². The first-order chi connectivity index (χ1) is 11.3. The van der Waals surface area contributed by atoms with E-state index >= 15 is 0 Å². The van der Waals surface area contributed by atoms with Crippen LogP contribution in [0.2, 0.25) is 0 Å². The summed E-state index contributed by atoms with van der Waals surface area (Å²) in [5.74, 6) is -1.02. The van der Waals surface area contributed by atoms with E-state index in [1.165, 1.54) is 37.4 Å². The lowest BCUT2D eigenvalue weighted by Crippen LogP contribution is -2.30. The molecule has 2 rings (SSSR count). The number of amides is 1. The van der Waals surface area contributed by atoms with E-state index in [9.17, 15) is 18.0 Å². The molecule has 0 aliphatic heterocycles. The highest BCUT2D eigenvalue weighted by molar-refractivity contribution is 9.11. The van der Waals surface area contributed by atoms with Crippen LogP contribution in [0.3, 0.4) is 0 Å². The molecular formula is C14H13BrN2O5S2. The first kappa shape index (κ1) is 18.4. The second-order valence-corrected chi connectivity index (χ2v) is 8.87. The highest BCUT2D eigenvalue weighted by Crippen LogP contribution is 2.27. The summed E-state index contributed by atoms with van der Waals surface area (Å²) in [6.45, 7) is -0.239. The molecule has 0 atom stereocenters. The minimum atomic E-state index is -3.67. The van der Waals surface area contributed by atoms with Gasteiger partial charge in [0.25, 0.3) is 15.9 Å². The molecule has 0 radical (unpaired) electrons. The summed E-state index contributed by atoms with van der Waals surface area (Å²) >= 11 is 4.31. The summed E-state index contributed by atoms with van der Waals surface area (Å²) in [6, 6.07) is 8.98. The molecule has 0 spiro atoms. The number of methoxy groups -OCH3 is 1. The Kier molecular flexibility index (Phi) is 5.97. The maximum absolute atomic E-state index is 12.2. The number of sulfonamides is 1. The Morgan fingerprint density at radius 1 is 1.17 bits per heavy atom. The van der Waals surface area contributed by atoms with Crippen molar-refractivity contribution in [2.45, 2.75) is 4.21 Å². The van der Waals surface area contributed by atoms with Gasteiger partial charge in [-0.2, -0.15) is 0 Å². The third kappa shape index (κ3) is 4.79. The first-order valence-electron chi connectivity index (χ1n) is 6.55. The number of carbonyl (C=O) groups excluding carboxylic acids is 2. The quantitative estimate of drug-likeness (QED) is 0.681. The monoisotopic (exact) mass is 432 g/mol. The van der Waals surface area contributed by atoms with Crippen molar-refractivity contribution in [2.75, 3.05) is 18.4 Å². The molecule has 1 aromatic heterocycles. The predicted molar refractivity (Wildman–Crippen MR) is 93.6 cm³/mol. The van der Waals surface area contributed by atoms with Crippen molar-refractivity contribution < 1.29 is 22.7 Å². The molecule has 2 aromatic rings. The van der Waals surface area contributed by atoms with Gasteiger partial charge in [0.15, 0.2) is 0 Å². The van der Waals surface area contributed by atoms with Gasteiger partial charge < -0.3 is 10.1 Å². The molecule has 2 N–H and O–H groups in total. The fraction of sp³-hybridized carbons (Fsp3) is 0.143. The van der Waals surface area contributed by atoms with Crippen LogP contribution in [-0.2, 0) is 19.6 Å². The van der Waals surface area contributed by atoms with Crippen LogP contribution in [0.25, 0.3) is 0 Å². The Balaban J connectivity index is 2.04. The third-order valence-electron chi connectivity index (χ3n) is 2.83. The van der Waals surface area contributed by atoms with Gasteiger partial charge in [-0.1, -0.05) is 0 Å². The fourth-order valence-electron chi connectivity index (χ4n) is 1.66. The van der Waals surface area contributed by atoms with Gasteiger partial charge in [0, 0.05) is 11.3 Å². The van der Waals surface area contributed by atoms with Crippen LogP contribution in [0.1, 0.15) is 10.4 Å². The zero-order chi connectivity index (χ0) is 17.7. The summed E-state index contributed by atoms with van der Waals surface area (Å²) in [7, 11) is -2.45. The normalized spacial score (nSPS) is 10.9. The molecule has 0 aliphatic rings. The third-order valence-corrected chi connectivity index (χ3v) is 6.33. The molecule has 7 nitrogen and oxygen atoms in total. The van der Waals surface area contributed by atoms with Gasteiger partial charge in [-0.3, -0.25) is 14.3 Å². The Labute approximate surface area is 151 Å². The molecule has 128 valence electrons. The molecule has 1 aromatic carbocycles. The standard InChI is InChI=1S/C14H13BrN2O5S2/c1-22-12(18)8-16-14(19)9-2-4-10(5-3-9)17-24(20,21)13-7-6-11(15)23-13/h2-7,17H,8H2,1H3,(H,16,19). The van der Waals surface area contributed by atoms with Gasteiger partial charge in [-0.05, 0) is 52.3 Å². The summed E-state index contributed by atoms with van der Waals surface area (Å²) in [6.07, 6.45) is 0. The summed E-state index contributed by atoms with van der Waals surface area (Å²) in [5, 5.41) is 2.39. The smallest absolute Gasteiger partial charge is 0.325 e. The highest BCUT2D eigenvalue weighted by atomic mass is 79.9. The average Bonchev–Trinajstić information content (AvgIpc) is 3.00. The number of esters is 1. The van der Waals surface area contributed by atoms with Crippen LogP contribution in [0.4, 0.5) is 5.69 Å². The van der Waals surface area contributed by atoms with Crippen molar-refractivity contribution in [3.8, 4) is 0 Å². The van der Waals surface area contributed by atoms with E-state index in [0.29, 0.717) is 15.0 Å². The summed E-state index contributed by atoms with van der Waals surface area (Å²) < 4.78 is 32.1. The Hall–Kier alpha value is -1.91.